The number of aromatic nitrogens is 1. The van der Waals surface area contributed by atoms with Crippen LogP contribution in [0.5, 0.6) is 0 Å². The van der Waals surface area contributed by atoms with E-state index in [9.17, 15) is 22.4 Å². The molecule has 9 heteroatoms. The van der Waals surface area contributed by atoms with Crippen molar-refractivity contribution in [2.45, 2.75) is 45.7 Å². The van der Waals surface area contributed by atoms with E-state index in [-0.39, 0.29) is 35.9 Å². The van der Waals surface area contributed by atoms with Crippen LogP contribution in [-0.2, 0) is 25.8 Å². The van der Waals surface area contributed by atoms with Crippen molar-refractivity contribution in [1.82, 2.24) is 15.2 Å². The van der Waals surface area contributed by atoms with E-state index in [0.29, 0.717) is 18.7 Å². The minimum atomic E-state index is -4.41. The van der Waals surface area contributed by atoms with Crippen molar-refractivity contribution in [3.8, 4) is 0 Å². The molecule has 1 heterocycles. The number of benzene rings is 2. The highest BCUT2D eigenvalue weighted by Crippen LogP contribution is 2.29. The molecule has 0 atom stereocenters. The first-order chi connectivity index (χ1) is 15.1. The minimum absolute atomic E-state index is 0.0581. The summed E-state index contributed by atoms with van der Waals surface area (Å²) in [6.45, 7) is 4.52. The third-order valence-corrected chi connectivity index (χ3v) is 4.57. The lowest BCUT2D eigenvalue weighted by atomic mass is 10.1. The Morgan fingerprint density at radius 2 is 1.56 bits per heavy atom. The van der Waals surface area contributed by atoms with E-state index >= 15 is 0 Å². The Bertz CT molecular complexity index is 1030. The van der Waals surface area contributed by atoms with Crippen molar-refractivity contribution >= 4 is 5.91 Å². The van der Waals surface area contributed by atoms with E-state index in [1.165, 1.54) is 30.5 Å². The Morgan fingerprint density at radius 1 is 1.00 bits per heavy atom. The fourth-order valence-corrected chi connectivity index (χ4v) is 3.09. The number of carbonyl (C=O) groups is 1. The van der Waals surface area contributed by atoms with Gasteiger partial charge >= 0.3 is 6.18 Å². The zero-order valence-corrected chi connectivity index (χ0v) is 17.6. The Kier molecular flexibility index (Phi) is 7.29. The molecule has 1 N–H and O–H groups in total. The lowest BCUT2D eigenvalue weighted by Crippen LogP contribution is -2.30. The smallest absolute Gasteiger partial charge is 0.416 e. The maximum Gasteiger partial charge on any atom is 0.416 e. The molecule has 1 amide bonds. The van der Waals surface area contributed by atoms with Crippen LogP contribution in [0.4, 0.5) is 17.6 Å². The van der Waals surface area contributed by atoms with Crippen molar-refractivity contribution in [3.05, 3.63) is 88.9 Å². The summed E-state index contributed by atoms with van der Waals surface area (Å²) in [5.41, 5.74) is 0.886. The first-order valence-electron chi connectivity index (χ1n) is 9.98. The molecule has 0 unspecified atom stereocenters. The van der Waals surface area contributed by atoms with Gasteiger partial charge in [0.2, 0.25) is 5.89 Å². The van der Waals surface area contributed by atoms with E-state index in [1.54, 1.807) is 12.1 Å². The molecule has 170 valence electrons. The number of carbonyl (C=O) groups excluding carboxylic acids is 1. The van der Waals surface area contributed by atoms with Crippen LogP contribution in [-0.4, -0.2) is 21.8 Å². The topological polar surface area (TPSA) is 58.4 Å². The van der Waals surface area contributed by atoms with Gasteiger partial charge in [-0.3, -0.25) is 9.69 Å². The zero-order valence-electron chi connectivity index (χ0n) is 17.6. The van der Waals surface area contributed by atoms with Gasteiger partial charge in [-0.15, -0.1) is 0 Å². The first-order valence-corrected chi connectivity index (χ1v) is 9.98. The highest BCUT2D eigenvalue weighted by atomic mass is 19.4. The first kappa shape index (κ1) is 23.5. The third-order valence-electron chi connectivity index (χ3n) is 4.57. The van der Waals surface area contributed by atoms with Gasteiger partial charge in [-0.1, -0.05) is 24.3 Å². The summed E-state index contributed by atoms with van der Waals surface area (Å²) in [5.74, 6) is -0.438. The second-order valence-corrected chi connectivity index (χ2v) is 7.72. The number of oxazole rings is 1. The van der Waals surface area contributed by atoms with Gasteiger partial charge in [0, 0.05) is 19.1 Å². The van der Waals surface area contributed by atoms with Gasteiger partial charge in [0.1, 0.15) is 12.1 Å². The van der Waals surface area contributed by atoms with Gasteiger partial charge in [-0.25, -0.2) is 9.37 Å². The number of nitrogens with one attached hydrogen (secondary N) is 1. The fourth-order valence-electron chi connectivity index (χ4n) is 3.09. The minimum Gasteiger partial charge on any atom is -0.447 e. The van der Waals surface area contributed by atoms with E-state index in [0.717, 1.165) is 17.7 Å². The van der Waals surface area contributed by atoms with Gasteiger partial charge in [0.15, 0.2) is 5.69 Å². The van der Waals surface area contributed by atoms with E-state index < -0.39 is 11.7 Å². The molecular formula is C23H23F4N3O2. The predicted octanol–water partition coefficient (Wildman–Crippen LogP) is 5.17. The average molecular weight is 449 g/mol. The van der Waals surface area contributed by atoms with Crippen LogP contribution < -0.4 is 5.32 Å². The largest absolute Gasteiger partial charge is 0.447 e. The highest BCUT2D eigenvalue weighted by molar-refractivity contribution is 5.92. The molecule has 0 aliphatic rings. The van der Waals surface area contributed by atoms with Crippen molar-refractivity contribution in [2.24, 2.45) is 0 Å². The van der Waals surface area contributed by atoms with Crippen molar-refractivity contribution < 1.29 is 26.8 Å². The maximum absolute atomic E-state index is 13.3. The molecule has 2 aromatic carbocycles. The summed E-state index contributed by atoms with van der Waals surface area (Å²) in [5, 5.41) is 2.73. The number of alkyl halides is 3. The third kappa shape index (κ3) is 6.65. The van der Waals surface area contributed by atoms with Crippen molar-refractivity contribution in [1.29, 1.82) is 0 Å². The van der Waals surface area contributed by atoms with Crippen LogP contribution in [0.2, 0.25) is 0 Å². The van der Waals surface area contributed by atoms with Crippen LogP contribution in [0.25, 0.3) is 0 Å². The Hall–Kier alpha value is -3.20. The van der Waals surface area contributed by atoms with Crippen LogP contribution >= 0.6 is 0 Å². The number of nitrogens with zero attached hydrogens (tertiary/aromatic N) is 2. The van der Waals surface area contributed by atoms with E-state index in [4.69, 9.17) is 4.42 Å². The predicted molar refractivity (Wildman–Crippen MR) is 110 cm³/mol. The molecule has 0 aliphatic carbocycles. The Balaban J connectivity index is 1.77. The molecule has 0 bridgehead atoms. The van der Waals surface area contributed by atoms with Gasteiger partial charge in [-0.05, 0) is 49.2 Å². The van der Waals surface area contributed by atoms with Crippen LogP contribution in [0, 0.1) is 5.82 Å². The number of halogens is 4. The van der Waals surface area contributed by atoms with Crippen LogP contribution in [0.1, 0.15) is 46.9 Å². The Labute approximate surface area is 183 Å². The molecule has 32 heavy (non-hydrogen) atoms. The van der Waals surface area contributed by atoms with Gasteiger partial charge in [-0.2, -0.15) is 13.2 Å². The van der Waals surface area contributed by atoms with Gasteiger partial charge in [0.05, 0.1) is 12.1 Å². The molecule has 0 saturated carbocycles. The van der Waals surface area contributed by atoms with E-state index in [2.05, 4.69) is 10.3 Å². The lowest BCUT2D eigenvalue weighted by Gasteiger charge is -2.21. The molecule has 0 fully saturated rings. The molecule has 5 nitrogen and oxygen atoms in total. The molecule has 3 rings (SSSR count). The van der Waals surface area contributed by atoms with Gasteiger partial charge in [0.25, 0.3) is 5.91 Å². The molecule has 3 aromatic rings. The highest BCUT2D eigenvalue weighted by Gasteiger charge is 2.30. The second-order valence-electron chi connectivity index (χ2n) is 7.72. The molecule has 0 saturated heterocycles. The van der Waals surface area contributed by atoms with Crippen LogP contribution in [0.3, 0.4) is 0 Å². The number of rotatable bonds is 8. The number of hydrogen-bond acceptors (Lipinski definition) is 4. The Morgan fingerprint density at radius 3 is 2.09 bits per heavy atom. The SMILES string of the molecule is CC(C)NC(=O)c1coc(CN(Cc2ccc(F)cc2)Cc2ccc(C(F)(F)F)cc2)n1. The molecular weight excluding hydrogens is 426 g/mol. The quantitative estimate of drug-likeness (QED) is 0.482. The average Bonchev–Trinajstić information content (AvgIpc) is 3.17. The summed E-state index contributed by atoms with van der Waals surface area (Å²) < 4.78 is 57.2. The molecule has 0 radical (unpaired) electrons. The summed E-state index contributed by atoms with van der Waals surface area (Å²) in [6, 6.07) is 10.8. The summed E-state index contributed by atoms with van der Waals surface area (Å²) in [4.78, 5) is 18.2. The number of amides is 1. The summed E-state index contributed by atoms with van der Waals surface area (Å²) in [7, 11) is 0. The molecule has 1 aromatic heterocycles. The molecule has 0 aliphatic heterocycles. The standard InChI is InChI=1S/C23H23F4N3O2/c1-15(2)28-22(31)20-14-32-21(29-20)13-30(12-17-5-9-19(24)10-6-17)11-16-3-7-18(8-4-16)23(25,26)27/h3-10,14-15H,11-13H2,1-2H3,(H,28,31). The maximum atomic E-state index is 13.3. The lowest BCUT2D eigenvalue weighted by molar-refractivity contribution is -0.137. The van der Waals surface area contributed by atoms with Crippen molar-refractivity contribution in [2.75, 3.05) is 0 Å². The van der Waals surface area contributed by atoms with Crippen LogP contribution in [0.15, 0.2) is 59.2 Å². The summed E-state index contributed by atoms with van der Waals surface area (Å²) in [6.07, 6.45) is -3.14. The number of hydrogen-bond donors (Lipinski definition) is 1. The van der Waals surface area contributed by atoms with E-state index in [1.807, 2.05) is 18.7 Å². The second kappa shape index (κ2) is 9.95. The zero-order chi connectivity index (χ0) is 23.3. The fraction of sp³-hybridized carbons (Fsp3) is 0.304. The molecule has 0 spiro atoms. The van der Waals surface area contributed by atoms with Gasteiger partial charge < -0.3 is 9.73 Å². The normalized spacial score (nSPS) is 11.9. The van der Waals surface area contributed by atoms with Crippen molar-refractivity contribution in [3.63, 3.8) is 0 Å². The monoisotopic (exact) mass is 449 g/mol. The summed E-state index contributed by atoms with van der Waals surface area (Å²) >= 11 is 0.